The maximum atomic E-state index is 13.0. The molecule has 158 valence electrons. The summed E-state index contributed by atoms with van der Waals surface area (Å²) >= 11 is 1.07. The molecule has 10 heteroatoms. The molecule has 1 N–H and O–H groups in total. The van der Waals surface area contributed by atoms with E-state index in [1.165, 1.54) is 18.2 Å². The van der Waals surface area contributed by atoms with Crippen molar-refractivity contribution < 1.29 is 22.7 Å². The monoisotopic (exact) mass is 436 g/mol. The van der Waals surface area contributed by atoms with Crippen LogP contribution in [-0.2, 0) is 24.6 Å². The van der Waals surface area contributed by atoms with Crippen molar-refractivity contribution in [3.63, 3.8) is 0 Å². The van der Waals surface area contributed by atoms with Crippen LogP contribution in [0.1, 0.15) is 17.0 Å². The molecule has 0 aliphatic carbocycles. The van der Waals surface area contributed by atoms with Crippen LogP contribution in [0.15, 0.2) is 53.7 Å². The number of aromatic nitrogens is 3. The van der Waals surface area contributed by atoms with Crippen molar-refractivity contribution in [1.82, 2.24) is 14.8 Å². The first-order valence-electron chi connectivity index (χ1n) is 8.90. The summed E-state index contributed by atoms with van der Waals surface area (Å²) in [6.07, 6.45) is -4.55. The molecule has 6 nitrogen and oxygen atoms in total. The molecular weight excluding hydrogens is 417 g/mol. The molecule has 0 spiro atoms. The van der Waals surface area contributed by atoms with Crippen molar-refractivity contribution in [2.24, 2.45) is 7.05 Å². The molecule has 0 radical (unpaired) electrons. The molecule has 2 aromatic carbocycles. The lowest BCUT2D eigenvalue weighted by Gasteiger charge is -2.13. The van der Waals surface area contributed by atoms with E-state index < -0.39 is 17.6 Å². The molecule has 0 saturated heterocycles. The van der Waals surface area contributed by atoms with Gasteiger partial charge in [0, 0.05) is 7.05 Å². The molecule has 0 fully saturated rings. The van der Waals surface area contributed by atoms with Gasteiger partial charge in [0.05, 0.1) is 17.0 Å². The van der Waals surface area contributed by atoms with Crippen molar-refractivity contribution >= 4 is 23.4 Å². The highest BCUT2D eigenvalue weighted by Gasteiger charge is 2.33. The minimum absolute atomic E-state index is 0.114. The molecule has 3 rings (SSSR count). The third kappa shape index (κ3) is 5.53. The van der Waals surface area contributed by atoms with Gasteiger partial charge in [-0.15, -0.1) is 10.2 Å². The predicted octanol–water partition coefficient (Wildman–Crippen LogP) is 4.45. The first kappa shape index (κ1) is 21.7. The van der Waals surface area contributed by atoms with Crippen molar-refractivity contribution in [3.05, 3.63) is 65.5 Å². The maximum absolute atomic E-state index is 13.0. The van der Waals surface area contributed by atoms with Gasteiger partial charge >= 0.3 is 6.18 Å². The molecule has 0 atom stereocenters. The number of halogens is 3. The fourth-order valence-electron chi connectivity index (χ4n) is 2.61. The second-order valence-corrected chi connectivity index (χ2v) is 7.39. The quantitative estimate of drug-likeness (QED) is 0.554. The number of ether oxygens (including phenoxy) is 1. The second kappa shape index (κ2) is 9.21. The first-order valence-corrected chi connectivity index (χ1v) is 9.89. The van der Waals surface area contributed by atoms with Gasteiger partial charge in [-0.05, 0) is 36.8 Å². The molecule has 30 heavy (non-hydrogen) atoms. The number of rotatable bonds is 7. The summed E-state index contributed by atoms with van der Waals surface area (Å²) in [5.74, 6) is 0.575. The van der Waals surface area contributed by atoms with E-state index in [2.05, 4.69) is 15.5 Å². The van der Waals surface area contributed by atoms with Gasteiger partial charge in [0.2, 0.25) is 5.91 Å². The fraction of sp³-hybridized carbons (Fsp3) is 0.250. The van der Waals surface area contributed by atoms with E-state index in [0.29, 0.717) is 16.7 Å². The van der Waals surface area contributed by atoms with Crippen LogP contribution in [-0.4, -0.2) is 26.4 Å². The lowest BCUT2D eigenvalue weighted by atomic mass is 10.1. The number of thioether (sulfide) groups is 1. The molecule has 0 aliphatic rings. The van der Waals surface area contributed by atoms with Gasteiger partial charge in [-0.3, -0.25) is 4.79 Å². The molecule has 0 saturated carbocycles. The Morgan fingerprint density at radius 2 is 1.93 bits per heavy atom. The maximum Gasteiger partial charge on any atom is 0.418 e. The van der Waals surface area contributed by atoms with Crippen molar-refractivity contribution in [3.8, 4) is 5.75 Å². The fourth-order valence-corrected chi connectivity index (χ4v) is 3.34. The van der Waals surface area contributed by atoms with Gasteiger partial charge < -0.3 is 14.6 Å². The van der Waals surface area contributed by atoms with E-state index in [4.69, 9.17) is 4.74 Å². The van der Waals surface area contributed by atoms with Gasteiger partial charge in [0.15, 0.2) is 11.0 Å². The molecule has 3 aromatic rings. The molecular formula is C20H19F3N4O2S. The highest BCUT2D eigenvalue weighted by Crippen LogP contribution is 2.34. The number of nitrogens with zero attached hydrogens (tertiary/aromatic N) is 3. The Labute approximate surface area is 175 Å². The first-order chi connectivity index (χ1) is 14.2. The van der Waals surface area contributed by atoms with Gasteiger partial charge in [-0.2, -0.15) is 13.2 Å². The van der Waals surface area contributed by atoms with Gasteiger partial charge in [-0.25, -0.2) is 0 Å². The number of carbonyl (C=O) groups excluding carboxylic acids is 1. The molecule has 0 bridgehead atoms. The Morgan fingerprint density at radius 3 is 2.67 bits per heavy atom. The normalized spacial score (nSPS) is 11.4. The number of para-hydroxylation sites is 1. The molecule has 1 aromatic heterocycles. The summed E-state index contributed by atoms with van der Waals surface area (Å²) < 4.78 is 46.5. The Balaban J connectivity index is 1.57. The van der Waals surface area contributed by atoms with Crippen molar-refractivity contribution in [2.45, 2.75) is 24.9 Å². The van der Waals surface area contributed by atoms with Crippen LogP contribution in [0.2, 0.25) is 0 Å². The number of hydrogen-bond donors (Lipinski definition) is 1. The summed E-state index contributed by atoms with van der Waals surface area (Å²) in [4.78, 5) is 12.1. The highest BCUT2D eigenvalue weighted by molar-refractivity contribution is 7.99. The van der Waals surface area contributed by atoms with E-state index in [0.717, 1.165) is 23.4 Å². The number of hydrogen-bond acceptors (Lipinski definition) is 5. The minimum atomic E-state index is -4.55. The number of aryl methyl sites for hydroxylation is 1. The Bertz CT molecular complexity index is 1040. The van der Waals surface area contributed by atoms with E-state index in [1.807, 2.05) is 31.2 Å². The SMILES string of the molecule is Cc1cccc(OCc2nnc(SCC(=O)Nc3ccccc3C(F)(F)F)n2C)c1. The van der Waals surface area contributed by atoms with E-state index in [-0.39, 0.29) is 18.0 Å². The average molecular weight is 436 g/mol. The van der Waals surface area contributed by atoms with E-state index in [9.17, 15) is 18.0 Å². The number of alkyl halides is 3. The Hall–Kier alpha value is -3.01. The number of anilines is 1. The molecule has 0 unspecified atom stereocenters. The molecule has 1 amide bonds. The summed E-state index contributed by atoms with van der Waals surface area (Å²) in [6, 6.07) is 12.4. The standard InChI is InChI=1S/C20H19F3N4O2S/c1-13-6-5-7-14(10-13)29-11-17-25-26-19(27(17)2)30-12-18(28)24-16-9-4-3-8-15(16)20(21,22)23/h3-10H,11-12H2,1-2H3,(H,24,28). The van der Waals surface area contributed by atoms with E-state index >= 15 is 0 Å². The topological polar surface area (TPSA) is 69.0 Å². The number of amides is 1. The van der Waals surface area contributed by atoms with Crippen LogP contribution in [0, 0.1) is 6.92 Å². The van der Waals surface area contributed by atoms with Crippen molar-refractivity contribution in [2.75, 3.05) is 11.1 Å². The minimum Gasteiger partial charge on any atom is -0.486 e. The zero-order chi connectivity index (χ0) is 21.7. The summed E-state index contributed by atoms with van der Waals surface area (Å²) in [5, 5.41) is 10.8. The average Bonchev–Trinajstić information content (AvgIpc) is 3.04. The lowest BCUT2D eigenvalue weighted by molar-refractivity contribution is -0.137. The van der Waals surface area contributed by atoms with Crippen LogP contribution in [0.4, 0.5) is 18.9 Å². The van der Waals surface area contributed by atoms with Gasteiger partial charge in [0.1, 0.15) is 12.4 Å². The van der Waals surface area contributed by atoms with Crippen molar-refractivity contribution in [1.29, 1.82) is 0 Å². The van der Waals surface area contributed by atoms with Crippen LogP contribution in [0.25, 0.3) is 0 Å². The smallest absolute Gasteiger partial charge is 0.418 e. The molecule has 0 aliphatic heterocycles. The zero-order valence-corrected chi connectivity index (χ0v) is 17.0. The van der Waals surface area contributed by atoms with Crippen LogP contribution >= 0.6 is 11.8 Å². The third-order valence-corrected chi connectivity index (χ3v) is 5.14. The highest BCUT2D eigenvalue weighted by atomic mass is 32.2. The van der Waals surface area contributed by atoms with Gasteiger partial charge in [-0.1, -0.05) is 36.0 Å². The largest absolute Gasteiger partial charge is 0.486 e. The van der Waals surface area contributed by atoms with Gasteiger partial charge in [0.25, 0.3) is 0 Å². The second-order valence-electron chi connectivity index (χ2n) is 6.44. The van der Waals surface area contributed by atoms with Crippen LogP contribution < -0.4 is 10.1 Å². The summed E-state index contributed by atoms with van der Waals surface area (Å²) in [7, 11) is 1.73. The Kier molecular flexibility index (Phi) is 6.66. The summed E-state index contributed by atoms with van der Waals surface area (Å²) in [5.41, 5.74) is -0.0989. The number of nitrogens with one attached hydrogen (secondary N) is 1. The number of benzene rings is 2. The van der Waals surface area contributed by atoms with E-state index in [1.54, 1.807) is 11.6 Å². The predicted molar refractivity (Wildman–Crippen MR) is 107 cm³/mol. The number of carbonyl (C=O) groups is 1. The zero-order valence-electron chi connectivity index (χ0n) is 16.2. The van der Waals surface area contributed by atoms with Crippen LogP contribution in [0.5, 0.6) is 5.75 Å². The summed E-state index contributed by atoms with van der Waals surface area (Å²) in [6.45, 7) is 2.15. The lowest BCUT2D eigenvalue weighted by Crippen LogP contribution is -2.18. The molecule has 1 heterocycles. The van der Waals surface area contributed by atoms with Crippen LogP contribution in [0.3, 0.4) is 0 Å². The Morgan fingerprint density at radius 1 is 1.17 bits per heavy atom. The third-order valence-electron chi connectivity index (χ3n) is 4.12.